The molecule has 18 heavy (non-hydrogen) atoms. The summed E-state index contributed by atoms with van der Waals surface area (Å²) in [4.78, 5) is 11.3. The maximum atomic E-state index is 11.3. The van der Waals surface area contributed by atoms with Crippen molar-refractivity contribution in [2.45, 2.75) is 19.9 Å². The highest BCUT2D eigenvalue weighted by molar-refractivity contribution is 9.10. The lowest BCUT2D eigenvalue weighted by Gasteiger charge is -2.38. The summed E-state index contributed by atoms with van der Waals surface area (Å²) in [7, 11) is 0. The van der Waals surface area contributed by atoms with Crippen LogP contribution in [0, 0.1) is 5.41 Å². The Labute approximate surface area is 126 Å². The van der Waals surface area contributed by atoms with Crippen LogP contribution in [0.2, 0.25) is 5.02 Å². The Hall–Kier alpha value is -0.450. The number of hydrogen-bond donors (Lipinski definition) is 1. The van der Waals surface area contributed by atoms with E-state index in [4.69, 9.17) is 16.3 Å². The Balaban J connectivity index is 0.00000162. The number of cyclic esters (lactones) is 1. The minimum absolute atomic E-state index is 0. The molecule has 1 aromatic carbocycles. The molecular formula is C12H14BrCl2NO2. The van der Waals surface area contributed by atoms with E-state index in [0.717, 1.165) is 10.0 Å². The van der Waals surface area contributed by atoms with Crippen LogP contribution in [-0.2, 0) is 4.74 Å². The summed E-state index contributed by atoms with van der Waals surface area (Å²) in [5.74, 6) is 0. The second-order valence-corrected chi connectivity index (χ2v) is 6.08. The van der Waals surface area contributed by atoms with Crippen LogP contribution in [0.15, 0.2) is 22.7 Å². The Morgan fingerprint density at radius 2 is 2.17 bits per heavy atom. The smallest absolute Gasteiger partial charge is 0.407 e. The van der Waals surface area contributed by atoms with Crippen molar-refractivity contribution in [3.05, 3.63) is 33.3 Å². The molecule has 0 spiro atoms. The third-order valence-corrected chi connectivity index (χ3v) is 4.11. The molecule has 2 rings (SSSR count). The van der Waals surface area contributed by atoms with Crippen molar-refractivity contribution >= 4 is 46.0 Å². The first kappa shape index (κ1) is 15.6. The van der Waals surface area contributed by atoms with Crippen molar-refractivity contribution in [1.82, 2.24) is 5.32 Å². The molecule has 1 fully saturated rings. The average Bonchev–Trinajstić information content (AvgIpc) is 2.26. The molecule has 0 radical (unpaired) electrons. The third kappa shape index (κ3) is 3.11. The minimum atomic E-state index is -0.375. The molecule has 1 atom stereocenters. The quantitative estimate of drug-likeness (QED) is 0.814. The molecule has 6 heteroatoms. The third-order valence-electron chi connectivity index (χ3n) is 2.90. The molecule has 1 heterocycles. The second-order valence-electron chi connectivity index (χ2n) is 4.82. The van der Waals surface area contributed by atoms with Gasteiger partial charge in [-0.05, 0) is 33.6 Å². The number of amides is 1. The molecule has 1 N–H and O–H groups in total. The fraction of sp³-hybridized carbons (Fsp3) is 0.417. The van der Waals surface area contributed by atoms with Crippen molar-refractivity contribution in [1.29, 1.82) is 0 Å². The number of nitrogens with one attached hydrogen (secondary N) is 1. The fourth-order valence-corrected chi connectivity index (χ4v) is 2.43. The molecule has 1 saturated heterocycles. The SMILES string of the molecule is CC1(C)COC(=O)N[C@@H]1c1ccc(Cl)c(Br)c1.Cl. The first-order valence-electron chi connectivity index (χ1n) is 5.28. The zero-order valence-corrected chi connectivity index (χ0v) is 13.2. The van der Waals surface area contributed by atoms with Crippen LogP contribution in [-0.4, -0.2) is 12.7 Å². The number of carbonyl (C=O) groups excluding carboxylic acids is 1. The van der Waals surface area contributed by atoms with Gasteiger partial charge in [-0.2, -0.15) is 0 Å². The van der Waals surface area contributed by atoms with Gasteiger partial charge in [0.15, 0.2) is 0 Å². The molecule has 0 aromatic heterocycles. The van der Waals surface area contributed by atoms with Gasteiger partial charge in [-0.3, -0.25) is 0 Å². The number of hydrogen-bond acceptors (Lipinski definition) is 2. The number of carbonyl (C=O) groups is 1. The predicted molar refractivity (Wildman–Crippen MR) is 77.4 cm³/mol. The summed E-state index contributed by atoms with van der Waals surface area (Å²) in [6.45, 7) is 4.52. The second kappa shape index (κ2) is 5.68. The van der Waals surface area contributed by atoms with E-state index in [2.05, 4.69) is 35.1 Å². The summed E-state index contributed by atoms with van der Waals surface area (Å²) in [5.41, 5.74) is 0.865. The van der Waals surface area contributed by atoms with Crippen LogP contribution in [0.4, 0.5) is 4.79 Å². The number of alkyl carbamates (subject to hydrolysis) is 1. The summed E-state index contributed by atoms with van der Waals surface area (Å²) >= 11 is 9.35. The van der Waals surface area contributed by atoms with E-state index in [1.165, 1.54) is 0 Å². The zero-order chi connectivity index (χ0) is 12.6. The van der Waals surface area contributed by atoms with Crippen molar-refractivity contribution in [2.75, 3.05) is 6.61 Å². The molecule has 100 valence electrons. The number of ether oxygens (including phenoxy) is 1. The topological polar surface area (TPSA) is 38.3 Å². The maximum absolute atomic E-state index is 11.3. The molecule has 0 aliphatic carbocycles. The van der Waals surface area contributed by atoms with Gasteiger partial charge in [0.1, 0.15) is 6.61 Å². The van der Waals surface area contributed by atoms with Gasteiger partial charge in [-0.25, -0.2) is 4.79 Å². The van der Waals surface area contributed by atoms with Gasteiger partial charge < -0.3 is 10.1 Å². The maximum Gasteiger partial charge on any atom is 0.407 e. The lowest BCUT2D eigenvalue weighted by atomic mass is 9.80. The monoisotopic (exact) mass is 353 g/mol. The van der Waals surface area contributed by atoms with Gasteiger partial charge in [-0.15, -0.1) is 12.4 Å². The largest absolute Gasteiger partial charge is 0.449 e. The van der Waals surface area contributed by atoms with Gasteiger partial charge >= 0.3 is 6.09 Å². The Morgan fingerprint density at radius 1 is 1.50 bits per heavy atom. The zero-order valence-electron chi connectivity index (χ0n) is 10.00. The van der Waals surface area contributed by atoms with Crippen LogP contribution in [0.5, 0.6) is 0 Å². The van der Waals surface area contributed by atoms with Crippen molar-refractivity contribution in [2.24, 2.45) is 5.41 Å². The normalized spacial score (nSPS) is 21.6. The summed E-state index contributed by atoms with van der Waals surface area (Å²) in [6.07, 6.45) is -0.375. The molecular weight excluding hydrogens is 341 g/mol. The molecule has 0 bridgehead atoms. The Morgan fingerprint density at radius 3 is 2.78 bits per heavy atom. The Kier molecular flexibility index (Phi) is 4.92. The number of rotatable bonds is 1. The van der Waals surface area contributed by atoms with E-state index in [1.807, 2.05) is 18.2 Å². The van der Waals surface area contributed by atoms with Crippen molar-refractivity contribution in [3.8, 4) is 0 Å². The van der Waals surface area contributed by atoms with Gasteiger partial charge in [0, 0.05) is 9.89 Å². The number of halogens is 3. The predicted octanol–water partition coefficient (Wildman–Crippen LogP) is 4.33. The summed E-state index contributed by atoms with van der Waals surface area (Å²) in [5, 5.41) is 3.50. The van der Waals surface area contributed by atoms with E-state index in [9.17, 15) is 4.79 Å². The van der Waals surface area contributed by atoms with E-state index < -0.39 is 0 Å². The minimum Gasteiger partial charge on any atom is -0.449 e. The van der Waals surface area contributed by atoms with Crippen LogP contribution >= 0.6 is 39.9 Å². The van der Waals surface area contributed by atoms with Crippen molar-refractivity contribution in [3.63, 3.8) is 0 Å². The van der Waals surface area contributed by atoms with Crippen LogP contribution in [0.3, 0.4) is 0 Å². The van der Waals surface area contributed by atoms with Crippen LogP contribution < -0.4 is 5.32 Å². The first-order chi connectivity index (χ1) is 7.90. The van der Waals surface area contributed by atoms with E-state index >= 15 is 0 Å². The van der Waals surface area contributed by atoms with Gasteiger partial charge in [-0.1, -0.05) is 31.5 Å². The lowest BCUT2D eigenvalue weighted by molar-refractivity contribution is 0.0387. The highest BCUT2D eigenvalue weighted by Crippen LogP contribution is 2.38. The summed E-state index contributed by atoms with van der Waals surface area (Å²) < 4.78 is 5.84. The van der Waals surface area contributed by atoms with Crippen LogP contribution in [0.25, 0.3) is 0 Å². The average molecular weight is 355 g/mol. The number of benzene rings is 1. The lowest BCUT2D eigenvalue weighted by Crippen LogP contribution is -2.46. The van der Waals surface area contributed by atoms with Gasteiger partial charge in [0.05, 0.1) is 11.1 Å². The highest BCUT2D eigenvalue weighted by Gasteiger charge is 2.37. The Bertz CT molecular complexity index is 465. The molecule has 1 aliphatic heterocycles. The van der Waals surface area contributed by atoms with E-state index in [-0.39, 0.29) is 30.0 Å². The summed E-state index contributed by atoms with van der Waals surface area (Å²) in [6, 6.07) is 5.60. The van der Waals surface area contributed by atoms with Crippen molar-refractivity contribution < 1.29 is 9.53 Å². The molecule has 0 saturated carbocycles. The molecule has 1 amide bonds. The molecule has 3 nitrogen and oxygen atoms in total. The molecule has 1 aromatic rings. The fourth-order valence-electron chi connectivity index (χ4n) is 1.92. The van der Waals surface area contributed by atoms with E-state index in [1.54, 1.807) is 0 Å². The van der Waals surface area contributed by atoms with Gasteiger partial charge in [0.2, 0.25) is 0 Å². The van der Waals surface area contributed by atoms with Gasteiger partial charge in [0.25, 0.3) is 0 Å². The van der Waals surface area contributed by atoms with E-state index in [0.29, 0.717) is 11.6 Å². The molecule has 0 unspecified atom stereocenters. The highest BCUT2D eigenvalue weighted by atomic mass is 79.9. The molecule has 1 aliphatic rings. The van der Waals surface area contributed by atoms with Crippen LogP contribution in [0.1, 0.15) is 25.5 Å². The first-order valence-corrected chi connectivity index (χ1v) is 6.45. The standard InChI is InChI=1S/C12H13BrClNO2.ClH/c1-12(2)6-17-11(16)15-10(12)7-3-4-9(14)8(13)5-7;/h3-5,10H,6H2,1-2H3,(H,15,16);1H/t10-;/m1./s1.